The van der Waals surface area contributed by atoms with Gasteiger partial charge in [0.1, 0.15) is 0 Å². The van der Waals surface area contributed by atoms with Crippen molar-refractivity contribution in [2.75, 3.05) is 6.54 Å². The number of carbonyl (C=O) groups is 2. The third-order valence-electron chi connectivity index (χ3n) is 5.60. The molecule has 4 heteroatoms. The highest BCUT2D eigenvalue weighted by atomic mass is 16.5. The molecule has 0 aromatic heterocycles. The van der Waals surface area contributed by atoms with Crippen molar-refractivity contribution in [3.05, 3.63) is 35.9 Å². The van der Waals surface area contributed by atoms with Crippen LogP contribution in [0.2, 0.25) is 0 Å². The number of nitrogens with zero attached hydrogens (tertiary/aromatic N) is 1. The Morgan fingerprint density at radius 3 is 2.65 bits per heavy atom. The molecule has 3 aliphatic rings. The second-order valence-corrected chi connectivity index (χ2v) is 7.04. The fourth-order valence-electron chi connectivity index (χ4n) is 4.40. The van der Waals surface area contributed by atoms with Crippen molar-refractivity contribution >= 4 is 11.7 Å². The van der Waals surface area contributed by atoms with Gasteiger partial charge in [-0.1, -0.05) is 30.3 Å². The number of ketones is 1. The summed E-state index contributed by atoms with van der Waals surface area (Å²) in [4.78, 5) is 27.3. The zero-order valence-electron chi connectivity index (χ0n) is 13.3. The van der Waals surface area contributed by atoms with E-state index < -0.39 is 0 Å². The molecular formula is C19H23NO3. The molecule has 3 fully saturated rings. The van der Waals surface area contributed by atoms with Gasteiger partial charge in [-0.3, -0.25) is 9.59 Å². The third kappa shape index (κ3) is 2.80. The van der Waals surface area contributed by atoms with Crippen LogP contribution in [0.3, 0.4) is 0 Å². The maximum absolute atomic E-state index is 12.9. The summed E-state index contributed by atoms with van der Waals surface area (Å²) in [6.45, 7) is 0.791. The van der Waals surface area contributed by atoms with E-state index in [-0.39, 0.29) is 29.8 Å². The van der Waals surface area contributed by atoms with Crippen LogP contribution in [0.4, 0.5) is 0 Å². The van der Waals surface area contributed by atoms with Gasteiger partial charge >= 0.3 is 0 Å². The Labute approximate surface area is 136 Å². The molecule has 3 heterocycles. The van der Waals surface area contributed by atoms with Gasteiger partial charge in [-0.25, -0.2) is 0 Å². The van der Waals surface area contributed by atoms with Crippen molar-refractivity contribution in [3.63, 3.8) is 0 Å². The fourth-order valence-corrected chi connectivity index (χ4v) is 4.40. The summed E-state index contributed by atoms with van der Waals surface area (Å²) in [7, 11) is 0. The molecule has 1 aromatic rings. The molecular weight excluding hydrogens is 290 g/mol. The Bertz CT molecular complexity index is 600. The second kappa shape index (κ2) is 6.08. The number of benzene rings is 1. The summed E-state index contributed by atoms with van der Waals surface area (Å²) in [5.74, 6) is 0.390. The number of ether oxygens (including phenoxy) is 1. The normalized spacial score (nSPS) is 32.4. The minimum Gasteiger partial charge on any atom is -0.374 e. The number of likely N-dealkylation sites (tertiary alicyclic amines) is 1. The van der Waals surface area contributed by atoms with E-state index in [1.165, 1.54) is 0 Å². The number of carbonyl (C=O) groups excluding carboxylic acids is 2. The highest BCUT2D eigenvalue weighted by Gasteiger charge is 2.47. The first-order chi connectivity index (χ1) is 11.2. The lowest BCUT2D eigenvalue weighted by atomic mass is 9.88. The van der Waals surface area contributed by atoms with Crippen molar-refractivity contribution < 1.29 is 14.3 Å². The van der Waals surface area contributed by atoms with Gasteiger partial charge < -0.3 is 9.64 Å². The number of hydrogen-bond acceptors (Lipinski definition) is 3. The van der Waals surface area contributed by atoms with Crippen LogP contribution in [0.15, 0.2) is 30.3 Å². The summed E-state index contributed by atoms with van der Waals surface area (Å²) in [5, 5.41) is 0. The molecule has 0 saturated carbocycles. The molecule has 4 nitrogen and oxygen atoms in total. The third-order valence-corrected chi connectivity index (χ3v) is 5.60. The molecule has 2 bridgehead atoms. The number of hydrogen-bond donors (Lipinski definition) is 0. The first-order valence-corrected chi connectivity index (χ1v) is 8.76. The highest BCUT2D eigenvalue weighted by Crippen LogP contribution is 2.40. The van der Waals surface area contributed by atoms with Gasteiger partial charge in [0.05, 0.1) is 18.1 Å². The van der Waals surface area contributed by atoms with Crippen LogP contribution < -0.4 is 0 Å². The molecule has 4 rings (SSSR count). The van der Waals surface area contributed by atoms with Crippen molar-refractivity contribution in [2.24, 2.45) is 5.92 Å². The zero-order chi connectivity index (χ0) is 15.8. The second-order valence-electron chi connectivity index (χ2n) is 7.04. The van der Waals surface area contributed by atoms with Gasteiger partial charge in [-0.2, -0.15) is 0 Å². The van der Waals surface area contributed by atoms with E-state index >= 15 is 0 Å². The highest BCUT2D eigenvalue weighted by molar-refractivity contribution is 5.96. The number of amides is 1. The molecule has 0 unspecified atom stereocenters. The van der Waals surface area contributed by atoms with E-state index in [0.29, 0.717) is 12.5 Å². The smallest absolute Gasteiger partial charge is 0.228 e. The molecule has 3 aliphatic heterocycles. The van der Waals surface area contributed by atoms with Gasteiger partial charge in [-0.15, -0.1) is 0 Å². The summed E-state index contributed by atoms with van der Waals surface area (Å²) in [6.07, 6.45) is 5.79. The fraction of sp³-hybridized carbons (Fsp3) is 0.579. The first kappa shape index (κ1) is 14.9. The zero-order valence-corrected chi connectivity index (χ0v) is 13.3. The Hall–Kier alpha value is -1.68. The van der Waals surface area contributed by atoms with E-state index in [0.717, 1.165) is 44.2 Å². The number of Topliss-reactive ketones (excluding diaryl/α,β-unsaturated/α-hetero) is 1. The predicted molar refractivity (Wildman–Crippen MR) is 86.1 cm³/mol. The molecule has 1 amide bonds. The van der Waals surface area contributed by atoms with Crippen LogP contribution in [-0.2, 0) is 9.53 Å². The number of rotatable bonds is 4. The van der Waals surface area contributed by atoms with E-state index in [4.69, 9.17) is 4.74 Å². The molecule has 0 spiro atoms. The van der Waals surface area contributed by atoms with Crippen molar-refractivity contribution in [3.8, 4) is 0 Å². The molecule has 0 aliphatic carbocycles. The van der Waals surface area contributed by atoms with Gasteiger partial charge in [0, 0.05) is 24.6 Å². The molecule has 1 aromatic carbocycles. The quantitative estimate of drug-likeness (QED) is 0.803. The standard InChI is InChI=1S/C19H23NO3/c21-17(13-5-2-1-3-6-13)11-14-7-4-10-20(14)19(22)16-12-15-8-9-18(16)23-15/h1-3,5-6,14-16,18H,4,7-12H2/t14-,15-,16+,18-/m1/s1. The molecule has 3 saturated heterocycles. The maximum atomic E-state index is 12.9. The van der Waals surface area contributed by atoms with Gasteiger partial charge in [0.25, 0.3) is 0 Å². The van der Waals surface area contributed by atoms with Crippen LogP contribution in [0.25, 0.3) is 0 Å². The molecule has 23 heavy (non-hydrogen) atoms. The van der Waals surface area contributed by atoms with Crippen LogP contribution in [-0.4, -0.2) is 41.4 Å². The topological polar surface area (TPSA) is 46.6 Å². The van der Waals surface area contributed by atoms with Gasteiger partial charge in [0.2, 0.25) is 5.91 Å². The Kier molecular flexibility index (Phi) is 3.93. The van der Waals surface area contributed by atoms with Gasteiger partial charge in [-0.05, 0) is 32.1 Å². The first-order valence-electron chi connectivity index (χ1n) is 8.76. The summed E-state index contributed by atoms with van der Waals surface area (Å²) >= 11 is 0. The lowest BCUT2D eigenvalue weighted by molar-refractivity contribution is -0.137. The summed E-state index contributed by atoms with van der Waals surface area (Å²) in [6, 6.07) is 9.46. The van der Waals surface area contributed by atoms with E-state index in [2.05, 4.69) is 0 Å². The van der Waals surface area contributed by atoms with Crippen LogP contribution in [0.1, 0.15) is 48.9 Å². The molecule has 122 valence electrons. The minimum absolute atomic E-state index is 0.0289. The summed E-state index contributed by atoms with van der Waals surface area (Å²) < 4.78 is 5.84. The molecule has 0 N–H and O–H groups in total. The number of fused-ring (bicyclic) bond motifs is 2. The predicted octanol–water partition coefficient (Wildman–Crippen LogP) is 2.82. The minimum atomic E-state index is 0.0289. The Balaban J connectivity index is 1.42. The largest absolute Gasteiger partial charge is 0.374 e. The Morgan fingerprint density at radius 2 is 1.96 bits per heavy atom. The van der Waals surface area contributed by atoms with Crippen LogP contribution >= 0.6 is 0 Å². The van der Waals surface area contributed by atoms with Crippen LogP contribution in [0, 0.1) is 5.92 Å². The Morgan fingerprint density at radius 1 is 1.13 bits per heavy atom. The van der Waals surface area contributed by atoms with Crippen molar-refractivity contribution in [1.82, 2.24) is 4.90 Å². The molecule has 4 atom stereocenters. The molecule has 0 radical (unpaired) electrons. The van der Waals surface area contributed by atoms with E-state index in [1.54, 1.807) is 0 Å². The van der Waals surface area contributed by atoms with E-state index in [1.807, 2.05) is 35.2 Å². The van der Waals surface area contributed by atoms with Gasteiger partial charge in [0.15, 0.2) is 5.78 Å². The summed E-state index contributed by atoms with van der Waals surface area (Å²) in [5.41, 5.74) is 0.745. The maximum Gasteiger partial charge on any atom is 0.228 e. The van der Waals surface area contributed by atoms with Crippen molar-refractivity contribution in [2.45, 2.75) is 56.8 Å². The van der Waals surface area contributed by atoms with E-state index in [9.17, 15) is 9.59 Å². The lowest BCUT2D eigenvalue weighted by Gasteiger charge is -2.29. The van der Waals surface area contributed by atoms with Crippen LogP contribution in [0.5, 0.6) is 0 Å². The van der Waals surface area contributed by atoms with Crippen molar-refractivity contribution in [1.29, 1.82) is 0 Å². The SMILES string of the molecule is O=C(C[C@H]1CCCN1C(=O)[C@H]1C[C@H]2CC[C@H]1O2)c1ccccc1. The average molecular weight is 313 g/mol. The lowest BCUT2D eigenvalue weighted by Crippen LogP contribution is -2.43. The monoisotopic (exact) mass is 313 g/mol. The average Bonchev–Trinajstić information content (AvgIpc) is 3.31.